The van der Waals surface area contributed by atoms with Gasteiger partial charge in [-0.1, -0.05) is 66.2 Å². The summed E-state index contributed by atoms with van der Waals surface area (Å²) in [5.41, 5.74) is 4.74. The Bertz CT molecular complexity index is 1190. The first-order valence-corrected chi connectivity index (χ1v) is 9.52. The van der Waals surface area contributed by atoms with Crippen LogP contribution in [0.15, 0.2) is 85.2 Å². The van der Waals surface area contributed by atoms with Crippen LogP contribution in [0.3, 0.4) is 0 Å². The minimum absolute atomic E-state index is 0.486. The Morgan fingerprint density at radius 3 is 2.48 bits per heavy atom. The summed E-state index contributed by atoms with van der Waals surface area (Å²) in [5, 5.41) is 15.2. The Labute approximate surface area is 174 Å². The maximum absolute atomic E-state index is 9.68. The lowest BCUT2D eigenvalue weighted by Crippen LogP contribution is -2.00. The van der Waals surface area contributed by atoms with E-state index in [1.165, 1.54) is 0 Å². The third kappa shape index (κ3) is 4.26. The number of hydrogen-bond acceptors (Lipinski definition) is 3. The first-order chi connectivity index (χ1) is 14.2. The van der Waals surface area contributed by atoms with Crippen LogP contribution in [0.2, 0.25) is 5.02 Å². The van der Waals surface area contributed by atoms with Crippen molar-refractivity contribution in [1.82, 2.24) is 14.8 Å². The molecule has 0 radical (unpaired) electrons. The van der Waals surface area contributed by atoms with E-state index in [0.717, 1.165) is 22.4 Å². The number of benzene rings is 2. The molecule has 140 valence electrons. The smallest absolute Gasteiger partial charge is 0.101 e. The quantitative estimate of drug-likeness (QED) is 0.406. The molecular formula is C24H17ClN4. The molecule has 0 saturated heterocycles. The highest BCUT2D eigenvalue weighted by Crippen LogP contribution is 2.27. The number of pyridine rings is 1. The lowest BCUT2D eigenvalue weighted by atomic mass is 10.0. The molecule has 0 fully saturated rings. The molecule has 5 heteroatoms. The van der Waals surface area contributed by atoms with Crippen molar-refractivity contribution in [2.75, 3.05) is 0 Å². The fourth-order valence-electron chi connectivity index (χ4n) is 3.09. The molecule has 2 aromatic carbocycles. The summed E-state index contributed by atoms with van der Waals surface area (Å²) in [7, 11) is 0. The monoisotopic (exact) mass is 396 g/mol. The van der Waals surface area contributed by atoms with Crippen LogP contribution in [-0.2, 0) is 6.54 Å². The van der Waals surface area contributed by atoms with Gasteiger partial charge in [0.15, 0.2) is 0 Å². The summed E-state index contributed by atoms with van der Waals surface area (Å²) in [5.74, 6) is 0. The van der Waals surface area contributed by atoms with Crippen LogP contribution < -0.4 is 0 Å². The highest BCUT2D eigenvalue weighted by atomic mass is 35.5. The van der Waals surface area contributed by atoms with Gasteiger partial charge >= 0.3 is 0 Å². The van der Waals surface area contributed by atoms with Crippen molar-refractivity contribution in [2.45, 2.75) is 6.54 Å². The van der Waals surface area contributed by atoms with E-state index in [-0.39, 0.29) is 0 Å². The first kappa shape index (κ1) is 18.7. The lowest BCUT2D eigenvalue weighted by molar-refractivity contribution is 0.689. The van der Waals surface area contributed by atoms with Gasteiger partial charge in [-0.05, 0) is 29.8 Å². The van der Waals surface area contributed by atoms with E-state index in [4.69, 9.17) is 16.7 Å². The van der Waals surface area contributed by atoms with Crippen LogP contribution in [0.5, 0.6) is 0 Å². The maximum Gasteiger partial charge on any atom is 0.101 e. The first-order valence-electron chi connectivity index (χ1n) is 9.14. The number of rotatable bonds is 5. The van der Waals surface area contributed by atoms with Crippen LogP contribution in [0.1, 0.15) is 16.8 Å². The van der Waals surface area contributed by atoms with Gasteiger partial charge in [0.05, 0.1) is 23.5 Å². The molecule has 29 heavy (non-hydrogen) atoms. The number of aromatic nitrogens is 3. The molecule has 0 aliphatic carbocycles. The Balaban J connectivity index is 1.80. The summed E-state index contributed by atoms with van der Waals surface area (Å²) in [6, 6.07) is 25.4. The summed E-state index contributed by atoms with van der Waals surface area (Å²) in [6.45, 7) is 0.540. The molecule has 0 amide bonds. The van der Waals surface area contributed by atoms with Crippen molar-refractivity contribution in [3.63, 3.8) is 0 Å². The van der Waals surface area contributed by atoms with E-state index in [1.54, 1.807) is 6.20 Å². The van der Waals surface area contributed by atoms with Gasteiger partial charge in [0.25, 0.3) is 0 Å². The van der Waals surface area contributed by atoms with Crippen molar-refractivity contribution in [2.24, 2.45) is 0 Å². The molecule has 0 saturated carbocycles. The molecule has 0 aliphatic heterocycles. The van der Waals surface area contributed by atoms with E-state index in [9.17, 15) is 5.26 Å². The zero-order chi connectivity index (χ0) is 20.1. The van der Waals surface area contributed by atoms with Crippen molar-refractivity contribution >= 4 is 23.3 Å². The summed E-state index contributed by atoms with van der Waals surface area (Å²) in [4.78, 5) is 4.30. The molecule has 4 nitrogen and oxygen atoms in total. The normalized spacial score (nSPS) is 11.2. The standard InChI is InChI=1S/C24H17ClN4/c25-22-11-5-4-10-19(22)16-29-17-21(24(28-29)18-8-2-1-3-9-18)14-20(15-26)23-12-6-7-13-27-23/h1-14,17H,16H2/b20-14-. The van der Waals surface area contributed by atoms with E-state index in [1.807, 2.05) is 89.8 Å². The van der Waals surface area contributed by atoms with Gasteiger partial charge in [-0.2, -0.15) is 10.4 Å². The second-order valence-corrected chi connectivity index (χ2v) is 6.88. The third-order valence-corrected chi connectivity index (χ3v) is 4.86. The zero-order valence-corrected chi connectivity index (χ0v) is 16.3. The highest BCUT2D eigenvalue weighted by molar-refractivity contribution is 6.31. The van der Waals surface area contributed by atoms with Gasteiger partial charge in [-0.3, -0.25) is 9.67 Å². The second kappa shape index (κ2) is 8.55. The number of nitriles is 1. The van der Waals surface area contributed by atoms with E-state index >= 15 is 0 Å². The number of hydrogen-bond donors (Lipinski definition) is 0. The Kier molecular flexibility index (Phi) is 5.51. The molecule has 0 aliphatic rings. The molecule has 2 heterocycles. The van der Waals surface area contributed by atoms with Crippen LogP contribution in [0.4, 0.5) is 0 Å². The van der Waals surface area contributed by atoms with Crippen LogP contribution in [-0.4, -0.2) is 14.8 Å². The molecule has 0 atom stereocenters. The van der Waals surface area contributed by atoms with Crippen LogP contribution in [0.25, 0.3) is 22.9 Å². The van der Waals surface area contributed by atoms with Gasteiger partial charge in [-0.25, -0.2) is 0 Å². The molecule has 0 unspecified atom stereocenters. The summed E-state index contributed by atoms with van der Waals surface area (Å²) < 4.78 is 1.85. The topological polar surface area (TPSA) is 54.5 Å². The van der Waals surface area contributed by atoms with Gasteiger partial charge in [0.2, 0.25) is 0 Å². The van der Waals surface area contributed by atoms with E-state index < -0.39 is 0 Å². The Hall–Kier alpha value is -3.68. The number of nitrogens with zero attached hydrogens (tertiary/aromatic N) is 4. The minimum atomic E-state index is 0.486. The fraction of sp³-hybridized carbons (Fsp3) is 0.0417. The van der Waals surface area contributed by atoms with Gasteiger partial charge in [-0.15, -0.1) is 0 Å². The molecule has 0 spiro atoms. The highest BCUT2D eigenvalue weighted by Gasteiger charge is 2.13. The van der Waals surface area contributed by atoms with E-state index in [2.05, 4.69) is 11.1 Å². The number of allylic oxidation sites excluding steroid dienone is 1. The van der Waals surface area contributed by atoms with Gasteiger partial charge in [0, 0.05) is 28.5 Å². The van der Waals surface area contributed by atoms with Crippen molar-refractivity contribution in [1.29, 1.82) is 5.26 Å². The molecule has 0 bridgehead atoms. The van der Waals surface area contributed by atoms with Crippen molar-refractivity contribution < 1.29 is 0 Å². The number of halogens is 1. The van der Waals surface area contributed by atoms with Gasteiger partial charge < -0.3 is 0 Å². The molecule has 0 N–H and O–H groups in total. The molecular weight excluding hydrogens is 380 g/mol. The Morgan fingerprint density at radius 2 is 1.76 bits per heavy atom. The second-order valence-electron chi connectivity index (χ2n) is 6.47. The zero-order valence-electron chi connectivity index (χ0n) is 15.5. The molecule has 2 aromatic heterocycles. The van der Waals surface area contributed by atoms with Crippen molar-refractivity contribution in [3.8, 4) is 17.3 Å². The lowest BCUT2D eigenvalue weighted by Gasteiger charge is -2.04. The average molecular weight is 397 g/mol. The SMILES string of the molecule is N#C/C(=C/c1cn(Cc2ccccc2Cl)nc1-c1ccccc1)c1ccccn1. The molecule has 4 aromatic rings. The molecule has 4 rings (SSSR count). The summed E-state index contributed by atoms with van der Waals surface area (Å²) >= 11 is 6.32. The maximum atomic E-state index is 9.68. The third-order valence-electron chi connectivity index (χ3n) is 4.49. The van der Waals surface area contributed by atoms with Gasteiger partial charge in [0.1, 0.15) is 6.07 Å². The van der Waals surface area contributed by atoms with Crippen LogP contribution >= 0.6 is 11.6 Å². The fourth-order valence-corrected chi connectivity index (χ4v) is 3.28. The van der Waals surface area contributed by atoms with E-state index in [0.29, 0.717) is 22.8 Å². The van der Waals surface area contributed by atoms with Crippen LogP contribution in [0, 0.1) is 11.3 Å². The largest absolute Gasteiger partial charge is 0.267 e. The average Bonchev–Trinajstić information content (AvgIpc) is 3.17. The summed E-state index contributed by atoms with van der Waals surface area (Å²) in [6.07, 6.45) is 5.45. The Morgan fingerprint density at radius 1 is 1.00 bits per heavy atom. The predicted molar refractivity (Wildman–Crippen MR) is 116 cm³/mol. The van der Waals surface area contributed by atoms with Crippen molar-refractivity contribution in [3.05, 3.63) is 107 Å². The predicted octanol–water partition coefficient (Wildman–Crippen LogP) is 5.71. The minimum Gasteiger partial charge on any atom is -0.267 e.